The number of nitrogens with one attached hydrogen (secondary N) is 1. The summed E-state index contributed by atoms with van der Waals surface area (Å²) in [6.07, 6.45) is 2.59. The Morgan fingerprint density at radius 2 is 1.77 bits per heavy atom. The number of anilines is 1. The van der Waals surface area contributed by atoms with Crippen molar-refractivity contribution >= 4 is 46.9 Å². The molecule has 6 nitrogen and oxygen atoms in total. The van der Waals surface area contributed by atoms with Gasteiger partial charge in [-0.1, -0.05) is 43.1 Å². The third-order valence-electron chi connectivity index (χ3n) is 3.72. The first-order chi connectivity index (χ1) is 12.6. The molecule has 0 saturated carbocycles. The summed E-state index contributed by atoms with van der Waals surface area (Å²) in [5.74, 6) is -1.08. The van der Waals surface area contributed by atoms with E-state index in [4.69, 9.17) is 4.74 Å². The summed E-state index contributed by atoms with van der Waals surface area (Å²) in [5, 5.41) is 0. The first-order valence-corrected chi connectivity index (χ1v) is 8.14. The Morgan fingerprint density at radius 1 is 1.08 bits per heavy atom. The lowest BCUT2D eigenvalue weighted by Crippen LogP contribution is -2.09. The fourth-order valence-corrected chi connectivity index (χ4v) is 2.65. The molecule has 0 amide bonds. The zero-order valence-corrected chi connectivity index (χ0v) is 14.7. The minimum absolute atomic E-state index is 0.101. The largest absolute Gasteiger partial charge is 0.465 e. The van der Waals surface area contributed by atoms with Gasteiger partial charge in [0.25, 0.3) is 0 Å². The summed E-state index contributed by atoms with van der Waals surface area (Å²) < 4.78 is 7.52. The number of rotatable bonds is 5. The minimum Gasteiger partial charge on any atom is -0.465 e. The molecular weight excluding hydrogens is 350 g/mol. The maximum atomic E-state index is 12.7. The number of ketones is 1. The van der Waals surface area contributed by atoms with E-state index in [9.17, 15) is 9.59 Å². The van der Waals surface area contributed by atoms with Crippen LogP contribution in [0.15, 0.2) is 60.8 Å². The molecule has 0 saturated heterocycles. The highest BCUT2D eigenvalue weighted by Gasteiger charge is 2.18. The second-order valence-corrected chi connectivity index (χ2v) is 5.54. The zero-order chi connectivity index (χ0) is 18.5. The molecular formula is C19H15N3O3S. The molecule has 1 aromatic heterocycles. The van der Waals surface area contributed by atoms with Crippen LogP contribution in [0.25, 0.3) is 16.6 Å². The fraction of sp³-hybridized carbons (Fsp3) is 0.0526. The van der Waals surface area contributed by atoms with Gasteiger partial charge in [-0.15, -0.1) is 0 Å². The molecule has 0 aliphatic rings. The van der Waals surface area contributed by atoms with Crippen molar-refractivity contribution in [3.63, 3.8) is 0 Å². The number of thiol groups is 1. The van der Waals surface area contributed by atoms with Crippen LogP contribution in [0.3, 0.4) is 0 Å². The highest BCUT2D eigenvalue weighted by molar-refractivity contribution is 7.81. The Hall–Kier alpha value is -3.19. The van der Waals surface area contributed by atoms with Gasteiger partial charge < -0.3 is 9.46 Å². The molecule has 7 heteroatoms. The first-order valence-electron chi connectivity index (χ1n) is 7.69. The molecule has 1 N–H and O–H groups in total. The summed E-state index contributed by atoms with van der Waals surface area (Å²) in [5.41, 5.74) is 2.60. The normalized spacial score (nSPS) is 11.2. The standard InChI is InChI=1S/C19H15N3O3S/c1-25-19(24)13(12-6-2-3-7-14(12)22-26)10-18(23)17-11-20-15-8-4-5-9-16(15)21-17/h2-11,22,26H,1H3/b13-10-. The lowest BCUT2D eigenvalue weighted by atomic mass is 10.0. The third kappa shape index (κ3) is 3.57. The highest BCUT2D eigenvalue weighted by atomic mass is 32.1. The monoisotopic (exact) mass is 365 g/mol. The number of carbonyl (C=O) groups excluding carboxylic acids is 2. The second-order valence-electron chi connectivity index (χ2n) is 5.32. The SMILES string of the molecule is COC(=O)/C(=C\C(=O)c1cnc2ccccc2n1)c1ccccc1NS. The van der Waals surface area contributed by atoms with E-state index in [1.807, 2.05) is 12.1 Å². The van der Waals surface area contributed by atoms with Crippen molar-refractivity contribution in [1.29, 1.82) is 0 Å². The van der Waals surface area contributed by atoms with E-state index >= 15 is 0 Å². The number of fused-ring (bicyclic) bond motifs is 1. The van der Waals surface area contributed by atoms with Gasteiger partial charge in [-0.3, -0.25) is 9.78 Å². The molecule has 1 heterocycles. The number of aromatic nitrogens is 2. The molecule has 0 unspecified atom stereocenters. The summed E-state index contributed by atoms with van der Waals surface area (Å²) in [6, 6.07) is 14.2. The third-order valence-corrected chi connectivity index (χ3v) is 3.96. The molecule has 0 aliphatic heterocycles. The molecule has 0 atom stereocenters. The van der Waals surface area contributed by atoms with Gasteiger partial charge >= 0.3 is 5.97 Å². The number of carbonyl (C=O) groups is 2. The Labute approximate surface area is 155 Å². The summed E-state index contributed by atoms with van der Waals surface area (Å²) in [7, 11) is 1.26. The van der Waals surface area contributed by atoms with E-state index in [0.717, 1.165) is 0 Å². The molecule has 0 fully saturated rings. The van der Waals surface area contributed by atoms with E-state index in [0.29, 0.717) is 22.3 Å². The predicted molar refractivity (Wildman–Crippen MR) is 103 cm³/mol. The van der Waals surface area contributed by atoms with Crippen molar-refractivity contribution in [1.82, 2.24) is 9.97 Å². The average Bonchev–Trinajstić information content (AvgIpc) is 2.70. The highest BCUT2D eigenvalue weighted by Crippen LogP contribution is 2.26. The van der Waals surface area contributed by atoms with E-state index < -0.39 is 11.8 Å². The summed E-state index contributed by atoms with van der Waals surface area (Å²) in [4.78, 5) is 33.4. The minimum atomic E-state index is -0.636. The van der Waals surface area contributed by atoms with Gasteiger partial charge in [-0.25, -0.2) is 9.78 Å². The van der Waals surface area contributed by atoms with Crippen molar-refractivity contribution in [2.24, 2.45) is 0 Å². The second kappa shape index (κ2) is 7.79. The van der Waals surface area contributed by atoms with Crippen LogP contribution < -0.4 is 4.72 Å². The van der Waals surface area contributed by atoms with Gasteiger partial charge in [0, 0.05) is 11.6 Å². The molecule has 3 rings (SSSR count). The average molecular weight is 365 g/mol. The van der Waals surface area contributed by atoms with E-state index in [2.05, 4.69) is 27.5 Å². The number of methoxy groups -OCH3 is 1. The van der Waals surface area contributed by atoms with Crippen molar-refractivity contribution in [2.45, 2.75) is 0 Å². The Morgan fingerprint density at radius 3 is 2.50 bits per heavy atom. The van der Waals surface area contributed by atoms with Crippen LogP contribution >= 0.6 is 12.8 Å². The van der Waals surface area contributed by atoms with Crippen molar-refractivity contribution in [3.8, 4) is 0 Å². The molecule has 0 bridgehead atoms. The molecule has 3 aromatic rings. The van der Waals surface area contributed by atoms with E-state index in [1.54, 1.807) is 36.4 Å². The number of ether oxygens (including phenoxy) is 1. The number of benzene rings is 2. The van der Waals surface area contributed by atoms with Crippen molar-refractivity contribution in [2.75, 3.05) is 11.8 Å². The molecule has 2 aromatic carbocycles. The van der Waals surface area contributed by atoms with Gasteiger partial charge in [0.15, 0.2) is 0 Å². The molecule has 0 radical (unpaired) electrons. The summed E-state index contributed by atoms with van der Waals surface area (Å²) >= 11 is 4.04. The van der Waals surface area contributed by atoms with E-state index in [1.165, 1.54) is 19.4 Å². The van der Waals surface area contributed by atoms with Crippen molar-refractivity contribution < 1.29 is 14.3 Å². The lowest BCUT2D eigenvalue weighted by molar-refractivity contribution is -0.133. The van der Waals surface area contributed by atoms with Crippen LogP contribution in [0.5, 0.6) is 0 Å². The van der Waals surface area contributed by atoms with Gasteiger partial charge in [0.2, 0.25) is 5.78 Å². The number of hydrogen-bond acceptors (Lipinski definition) is 7. The zero-order valence-electron chi connectivity index (χ0n) is 13.8. The van der Waals surface area contributed by atoms with Gasteiger partial charge in [-0.05, 0) is 18.2 Å². The number of allylic oxidation sites excluding steroid dienone is 1. The maximum absolute atomic E-state index is 12.7. The van der Waals surface area contributed by atoms with Crippen LogP contribution in [0.4, 0.5) is 5.69 Å². The van der Waals surface area contributed by atoms with Crippen LogP contribution in [0, 0.1) is 0 Å². The fourth-order valence-electron chi connectivity index (χ4n) is 2.45. The number of esters is 1. The lowest BCUT2D eigenvalue weighted by Gasteiger charge is -2.10. The van der Waals surface area contributed by atoms with Crippen LogP contribution in [0.1, 0.15) is 16.1 Å². The smallest absolute Gasteiger partial charge is 0.338 e. The molecule has 0 aliphatic carbocycles. The predicted octanol–water partition coefficient (Wildman–Crippen LogP) is 3.33. The number of nitrogens with zero attached hydrogens (tertiary/aromatic N) is 2. The topological polar surface area (TPSA) is 81.2 Å². The number of para-hydroxylation sites is 3. The van der Waals surface area contributed by atoms with Gasteiger partial charge in [0.05, 0.1) is 35.6 Å². The molecule has 26 heavy (non-hydrogen) atoms. The van der Waals surface area contributed by atoms with Crippen molar-refractivity contribution in [3.05, 3.63) is 72.1 Å². The Bertz CT molecular complexity index is 1020. The first kappa shape index (κ1) is 17.6. The van der Waals surface area contributed by atoms with E-state index in [-0.39, 0.29) is 11.3 Å². The van der Waals surface area contributed by atoms with Crippen LogP contribution in [-0.2, 0) is 9.53 Å². The Kier molecular flexibility index (Phi) is 5.28. The van der Waals surface area contributed by atoms with Crippen LogP contribution in [-0.4, -0.2) is 28.8 Å². The molecule has 130 valence electrons. The Balaban J connectivity index is 2.06. The van der Waals surface area contributed by atoms with Gasteiger partial charge in [0.1, 0.15) is 5.69 Å². The van der Waals surface area contributed by atoms with Gasteiger partial charge in [-0.2, -0.15) is 0 Å². The quantitative estimate of drug-likeness (QED) is 0.312. The number of hydrogen-bond donors (Lipinski definition) is 2. The molecule has 0 spiro atoms. The summed E-state index contributed by atoms with van der Waals surface area (Å²) in [6.45, 7) is 0. The maximum Gasteiger partial charge on any atom is 0.338 e. The van der Waals surface area contributed by atoms with Crippen LogP contribution in [0.2, 0.25) is 0 Å².